The molecule has 0 amide bonds. The molecule has 1 saturated carbocycles. The maximum absolute atomic E-state index is 5.51. The fraction of sp³-hybridized carbons (Fsp3) is 0.667. The van der Waals surface area contributed by atoms with Gasteiger partial charge in [0.25, 0.3) is 0 Å². The Labute approximate surface area is 134 Å². The fourth-order valence-electron chi connectivity index (χ4n) is 3.26. The topological polar surface area (TPSA) is 21.3 Å². The fourth-order valence-corrected chi connectivity index (χ4v) is 4.77. The number of rotatable bonds is 4. The highest BCUT2D eigenvalue weighted by atomic mass is 32.2. The molecule has 0 saturated heterocycles. The lowest BCUT2D eigenvalue weighted by molar-refractivity contribution is 0.167. The molecule has 3 unspecified atom stereocenters. The number of nitrogens with one attached hydrogen (secondary N) is 1. The van der Waals surface area contributed by atoms with Crippen LogP contribution in [0.2, 0.25) is 0 Å². The monoisotopic (exact) mass is 307 g/mol. The highest BCUT2D eigenvalue weighted by molar-refractivity contribution is 8.00. The molecular weight excluding hydrogens is 278 g/mol. The third kappa shape index (κ3) is 4.17. The molecule has 1 aromatic carbocycles. The van der Waals surface area contributed by atoms with Crippen molar-refractivity contribution in [3.05, 3.63) is 24.3 Å². The number of thioether (sulfide) groups is 1. The van der Waals surface area contributed by atoms with Gasteiger partial charge in [-0.3, -0.25) is 0 Å². The van der Waals surface area contributed by atoms with Gasteiger partial charge < -0.3 is 10.1 Å². The van der Waals surface area contributed by atoms with Crippen LogP contribution in [0.25, 0.3) is 0 Å². The van der Waals surface area contributed by atoms with Crippen LogP contribution in [0.5, 0.6) is 5.75 Å². The van der Waals surface area contributed by atoms with Gasteiger partial charge in [-0.25, -0.2) is 0 Å². The van der Waals surface area contributed by atoms with Gasteiger partial charge in [0.2, 0.25) is 0 Å². The average molecular weight is 308 g/mol. The summed E-state index contributed by atoms with van der Waals surface area (Å²) in [5.74, 6) is 1.80. The highest BCUT2D eigenvalue weighted by Gasteiger charge is 2.36. The summed E-state index contributed by atoms with van der Waals surface area (Å²) >= 11 is 1.98. The van der Waals surface area contributed by atoms with E-state index in [1.165, 1.54) is 24.2 Å². The number of hydrogen-bond donors (Lipinski definition) is 1. The maximum atomic E-state index is 5.51. The second kappa shape index (κ2) is 7.06. The van der Waals surface area contributed by atoms with Gasteiger partial charge in [-0.15, -0.1) is 11.8 Å². The quantitative estimate of drug-likeness (QED) is 0.879. The first-order valence-electron chi connectivity index (χ1n) is 7.92. The molecule has 118 valence electrons. The number of benzene rings is 1. The normalized spacial score (nSPS) is 26.6. The minimum Gasteiger partial charge on any atom is -0.496 e. The van der Waals surface area contributed by atoms with Crippen molar-refractivity contribution in [1.29, 1.82) is 0 Å². The van der Waals surface area contributed by atoms with Crippen molar-refractivity contribution in [2.24, 2.45) is 11.3 Å². The SMILES string of the molecule is CNC1CCC(C(C)(C)C)CC1Sc1ccccc1OC. The first kappa shape index (κ1) is 16.7. The van der Waals surface area contributed by atoms with Crippen LogP contribution in [0.1, 0.15) is 40.0 Å². The maximum Gasteiger partial charge on any atom is 0.132 e. The summed E-state index contributed by atoms with van der Waals surface area (Å²) < 4.78 is 5.51. The van der Waals surface area contributed by atoms with Crippen LogP contribution in [-0.4, -0.2) is 25.4 Å². The molecule has 1 fully saturated rings. The molecule has 3 heteroatoms. The van der Waals surface area contributed by atoms with Crippen LogP contribution >= 0.6 is 11.8 Å². The van der Waals surface area contributed by atoms with E-state index in [4.69, 9.17) is 4.74 Å². The molecule has 2 nitrogen and oxygen atoms in total. The molecule has 0 aliphatic heterocycles. The molecule has 1 aliphatic rings. The van der Waals surface area contributed by atoms with Crippen molar-refractivity contribution in [1.82, 2.24) is 5.32 Å². The lowest BCUT2D eigenvalue weighted by Crippen LogP contribution is -2.43. The second-order valence-electron chi connectivity index (χ2n) is 7.08. The van der Waals surface area contributed by atoms with Gasteiger partial charge in [0.15, 0.2) is 0 Å². The lowest BCUT2D eigenvalue weighted by Gasteiger charge is -2.41. The minimum absolute atomic E-state index is 0.401. The van der Waals surface area contributed by atoms with Crippen LogP contribution in [-0.2, 0) is 0 Å². The Kier molecular flexibility index (Phi) is 5.61. The first-order valence-corrected chi connectivity index (χ1v) is 8.80. The van der Waals surface area contributed by atoms with Gasteiger partial charge in [0.1, 0.15) is 5.75 Å². The van der Waals surface area contributed by atoms with E-state index >= 15 is 0 Å². The van der Waals surface area contributed by atoms with Gasteiger partial charge in [0.05, 0.1) is 7.11 Å². The van der Waals surface area contributed by atoms with Gasteiger partial charge in [-0.1, -0.05) is 32.9 Å². The van der Waals surface area contributed by atoms with Crippen LogP contribution in [0.15, 0.2) is 29.2 Å². The van der Waals surface area contributed by atoms with Crippen molar-refractivity contribution < 1.29 is 4.74 Å². The standard InChI is InChI=1S/C18H29NOS/c1-18(2,3)13-10-11-14(19-4)17(12-13)21-16-9-7-6-8-15(16)20-5/h6-9,13-14,17,19H,10-12H2,1-5H3. The third-order valence-electron chi connectivity index (χ3n) is 4.73. The summed E-state index contributed by atoms with van der Waals surface area (Å²) in [4.78, 5) is 1.26. The van der Waals surface area contributed by atoms with Crippen molar-refractivity contribution in [2.75, 3.05) is 14.2 Å². The van der Waals surface area contributed by atoms with Crippen LogP contribution in [0.4, 0.5) is 0 Å². The summed E-state index contributed by atoms with van der Waals surface area (Å²) in [6.07, 6.45) is 3.88. The molecule has 0 radical (unpaired) electrons. The molecule has 1 aliphatic carbocycles. The Bertz CT molecular complexity index is 455. The Balaban J connectivity index is 2.14. The third-order valence-corrected chi connectivity index (χ3v) is 6.15. The summed E-state index contributed by atoms with van der Waals surface area (Å²) in [5.41, 5.74) is 0.401. The molecular formula is C18H29NOS. The highest BCUT2D eigenvalue weighted by Crippen LogP contribution is 2.44. The van der Waals surface area contributed by atoms with Crippen molar-refractivity contribution in [2.45, 2.75) is 56.2 Å². The molecule has 21 heavy (non-hydrogen) atoms. The molecule has 3 atom stereocenters. The number of ether oxygens (including phenoxy) is 1. The summed E-state index contributed by atoms with van der Waals surface area (Å²) in [6.45, 7) is 7.13. The van der Waals surface area contributed by atoms with Crippen LogP contribution in [0, 0.1) is 11.3 Å². The minimum atomic E-state index is 0.401. The number of hydrogen-bond acceptors (Lipinski definition) is 3. The van der Waals surface area contributed by atoms with Gasteiger partial charge in [0, 0.05) is 16.2 Å². The molecule has 1 N–H and O–H groups in total. The Morgan fingerprint density at radius 3 is 2.52 bits per heavy atom. The largest absolute Gasteiger partial charge is 0.496 e. The van der Waals surface area contributed by atoms with Crippen LogP contribution in [0.3, 0.4) is 0 Å². The molecule has 0 spiro atoms. The molecule has 2 rings (SSSR count). The number of para-hydroxylation sites is 1. The zero-order chi connectivity index (χ0) is 15.5. The van der Waals surface area contributed by atoms with Gasteiger partial charge in [-0.05, 0) is 49.8 Å². The summed E-state index contributed by atoms with van der Waals surface area (Å²) in [5, 5.41) is 4.14. The van der Waals surface area contributed by atoms with Gasteiger partial charge in [-0.2, -0.15) is 0 Å². The van der Waals surface area contributed by atoms with E-state index in [1.807, 2.05) is 17.8 Å². The van der Waals surface area contributed by atoms with E-state index in [1.54, 1.807) is 7.11 Å². The van der Waals surface area contributed by atoms with Crippen LogP contribution < -0.4 is 10.1 Å². The van der Waals surface area contributed by atoms with Crippen molar-refractivity contribution in [3.8, 4) is 5.75 Å². The van der Waals surface area contributed by atoms with Gasteiger partial charge >= 0.3 is 0 Å². The Morgan fingerprint density at radius 2 is 1.90 bits per heavy atom. The van der Waals surface area contributed by atoms with E-state index in [2.05, 4.69) is 51.3 Å². The zero-order valence-electron chi connectivity index (χ0n) is 14.0. The number of methoxy groups -OCH3 is 1. The first-order chi connectivity index (χ1) is 9.95. The molecule has 0 heterocycles. The van der Waals surface area contributed by atoms with E-state index in [9.17, 15) is 0 Å². The predicted octanol–water partition coefficient (Wildman–Crippen LogP) is 4.59. The lowest BCUT2D eigenvalue weighted by atomic mass is 9.71. The summed E-state index contributed by atoms with van der Waals surface area (Å²) in [7, 11) is 3.85. The van der Waals surface area contributed by atoms with E-state index in [-0.39, 0.29) is 0 Å². The smallest absolute Gasteiger partial charge is 0.132 e. The van der Waals surface area contributed by atoms with Crippen molar-refractivity contribution >= 4 is 11.8 Å². The van der Waals surface area contributed by atoms with E-state index < -0.39 is 0 Å². The average Bonchev–Trinajstić information content (AvgIpc) is 2.47. The Morgan fingerprint density at radius 1 is 1.19 bits per heavy atom. The molecule has 1 aromatic rings. The molecule has 0 aromatic heterocycles. The summed E-state index contributed by atoms with van der Waals surface area (Å²) in [6, 6.07) is 8.97. The van der Waals surface area contributed by atoms with E-state index in [0.717, 1.165) is 11.7 Å². The molecule has 0 bridgehead atoms. The Hall–Kier alpha value is -0.670. The predicted molar refractivity (Wildman–Crippen MR) is 92.3 cm³/mol. The van der Waals surface area contributed by atoms with Crippen molar-refractivity contribution in [3.63, 3.8) is 0 Å². The second-order valence-corrected chi connectivity index (χ2v) is 8.36. The van der Waals surface area contributed by atoms with E-state index in [0.29, 0.717) is 16.7 Å². The zero-order valence-corrected chi connectivity index (χ0v) is 14.8.